The van der Waals surface area contributed by atoms with Gasteiger partial charge in [-0.25, -0.2) is 4.79 Å². The van der Waals surface area contributed by atoms with Crippen LogP contribution in [0.25, 0.3) is 20.9 Å². The summed E-state index contributed by atoms with van der Waals surface area (Å²) in [7, 11) is 0. The maximum atomic E-state index is 11.3. The Bertz CT molecular complexity index is 349. The summed E-state index contributed by atoms with van der Waals surface area (Å²) < 4.78 is 4.98. The van der Waals surface area contributed by atoms with Crippen LogP contribution < -0.4 is 5.32 Å². The average Bonchev–Trinajstić information content (AvgIpc) is 2.19. The zero-order valence-corrected chi connectivity index (χ0v) is 9.99. The fourth-order valence-corrected chi connectivity index (χ4v) is 0.861. The largest absolute Gasteiger partial charge is 0.444 e. The van der Waals surface area contributed by atoms with Gasteiger partial charge in [0.15, 0.2) is 0 Å². The molecule has 0 fully saturated rings. The summed E-state index contributed by atoms with van der Waals surface area (Å²) >= 11 is 0. The van der Waals surface area contributed by atoms with Crippen LogP contribution in [0.4, 0.5) is 4.79 Å². The summed E-state index contributed by atoms with van der Waals surface area (Å²) in [5, 5.41) is 9.07. The van der Waals surface area contributed by atoms with E-state index in [1.165, 1.54) is 0 Å². The third-order valence-corrected chi connectivity index (χ3v) is 1.45. The monoisotopic (exact) mass is 241 g/mol. The van der Waals surface area contributed by atoms with Gasteiger partial charge in [0.2, 0.25) is 0 Å². The highest BCUT2D eigenvalue weighted by Gasteiger charge is 2.16. The molecule has 0 aromatic rings. The Morgan fingerprint density at radius 3 is 2.53 bits per heavy atom. The summed E-state index contributed by atoms with van der Waals surface area (Å²) in [6, 6.07) is -0.622. The Balaban J connectivity index is 4.16. The van der Waals surface area contributed by atoms with Crippen molar-refractivity contribution in [2.75, 3.05) is 13.1 Å². The van der Waals surface area contributed by atoms with E-state index in [4.69, 9.17) is 15.8 Å². The van der Waals surface area contributed by atoms with Crippen LogP contribution in [0.15, 0.2) is 10.2 Å². The molecule has 0 aliphatic heterocycles. The zero-order valence-electron chi connectivity index (χ0n) is 9.99. The average molecular weight is 241 g/mol. The molecule has 0 bridgehead atoms. The molecule has 17 heavy (non-hydrogen) atoms. The van der Waals surface area contributed by atoms with E-state index < -0.39 is 17.7 Å². The van der Waals surface area contributed by atoms with Gasteiger partial charge < -0.3 is 10.1 Å². The van der Waals surface area contributed by atoms with Crippen molar-refractivity contribution in [1.29, 1.82) is 0 Å². The highest BCUT2D eigenvalue weighted by molar-refractivity contribution is 5.67. The smallest absolute Gasteiger partial charge is 0.407 e. The van der Waals surface area contributed by atoms with E-state index in [0.29, 0.717) is 0 Å². The standard InChI is InChI=1S/C8H15N7O2/c1-8(2,3)17-7(16)11-4-6(13-15-10)5-12-14-9/h6H,4-5H2,1-3H3,(H,11,16)/t6-/m1/s1. The molecule has 94 valence electrons. The summed E-state index contributed by atoms with van der Waals surface area (Å²) in [6.07, 6.45) is -0.614. The lowest BCUT2D eigenvalue weighted by Gasteiger charge is -2.20. The highest BCUT2D eigenvalue weighted by Crippen LogP contribution is 2.06. The van der Waals surface area contributed by atoms with E-state index in [1.807, 2.05) is 0 Å². The van der Waals surface area contributed by atoms with Gasteiger partial charge in [-0.15, -0.1) is 0 Å². The number of nitrogens with zero attached hydrogens (tertiary/aromatic N) is 6. The van der Waals surface area contributed by atoms with E-state index >= 15 is 0 Å². The van der Waals surface area contributed by atoms with Crippen LogP contribution >= 0.6 is 0 Å². The molecular weight excluding hydrogens is 226 g/mol. The highest BCUT2D eigenvalue weighted by atomic mass is 16.6. The molecule has 0 spiro atoms. The summed E-state index contributed by atoms with van der Waals surface area (Å²) in [4.78, 5) is 16.4. The molecule has 9 nitrogen and oxygen atoms in total. The number of carbonyl (C=O) groups is 1. The van der Waals surface area contributed by atoms with E-state index in [2.05, 4.69) is 25.4 Å². The Morgan fingerprint density at radius 1 is 1.41 bits per heavy atom. The fourth-order valence-electron chi connectivity index (χ4n) is 0.861. The first-order valence-corrected chi connectivity index (χ1v) is 4.91. The van der Waals surface area contributed by atoms with Crippen LogP contribution in [0.5, 0.6) is 0 Å². The van der Waals surface area contributed by atoms with Gasteiger partial charge in [-0.3, -0.25) is 0 Å². The zero-order chi connectivity index (χ0) is 13.3. The predicted octanol–water partition coefficient (Wildman–Crippen LogP) is 2.50. The Morgan fingerprint density at radius 2 is 2.06 bits per heavy atom. The molecule has 0 saturated carbocycles. The van der Waals surface area contributed by atoms with Crippen LogP contribution in [0, 0.1) is 0 Å². The molecule has 0 unspecified atom stereocenters. The molecule has 0 rings (SSSR count). The van der Waals surface area contributed by atoms with Crippen LogP contribution in [-0.2, 0) is 4.74 Å². The second-order valence-corrected chi connectivity index (χ2v) is 4.15. The van der Waals surface area contributed by atoms with E-state index in [1.54, 1.807) is 20.8 Å². The summed E-state index contributed by atoms with van der Waals surface area (Å²) in [5.74, 6) is 0. The van der Waals surface area contributed by atoms with Crippen LogP contribution in [0.1, 0.15) is 20.8 Å². The van der Waals surface area contributed by atoms with Gasteiger partial charge in [-0.1, -0.05) is 10.2 Å². The first kappa shape index (κ1) is 14.9. The van der Waals surface area contributed by atoms with E-state index in [9.17, 15) is 4.79 Å². The Labute approximate surface area is 98.4 Å². The van der Waals surface area contributed by atoms with Crippen LogP contribution in [0.3, 0.4) is 0 Å². The SMILES string of the molecule is CC(C)(C)OC(=O)NC[C@H](CN=[N+]=[N-])N=[N+]=[N-]. The van der Waals surface area contributed by atoms with Crippen molar-refractivity contribution in [1.82, 2.24) is 5.32 Å². The number of azide groups is 2. The van der Waals surface area contributed by atoms with Gasteiger partial charge in [0.05, 0.1) is 6.04 Å². The van der Waals surface area contributed by atoms with E-state index in [-0.39, 0.29) is 13.1 Å². The molecule has 0 aromatic heterocycles. The van der Waals surface area contributed by atoms with Gasteiger partial charge in [-0.05, 0) is 31.8 Å². The molecule has 1 atom stereocenters. The van der Waals surface area contributed by atoms with Crippen molar-refractivity contribution in [2.24, 2.45) is 10.2 Å². The lowest BCUT2D eigenvalue weighted by molar-refractivity contribution is 0.0525. The number of carbonyl (C=O) groups excluding carboxylic acids is 1. The van der Waals surface area contributed by atoms with E-state index in [0.717, 1.165) is 0 Å². The number of nitrogens with one attached hydrogen (secondary N) is 1. The topological polar surface area (TPSA) is 136 Å². The van der Waals surface area contributed by atoms with Crippen LogP contribution in [-0.4, -0.2) is 30.8 Å². The lowest BCUT2D eigenvalue weighted by Crippen LogP contribution is -2.37. The molecule has 1 amide bonds. The number of hydrogen-bond acceptors (Lipinski definition) is 4. The number of rotatable bonds is 5. The maximum absolute atomic E-state index is 11.3. The van der Waals surface area contributed by atoms with Crippen LogP contribution in [0.2, 0.25) is 0 Å². The third kappa shape index (κ3) is 8.86. The number of hydrogen-bond donors (Lipinski definition) is 1. The second-order valence-electron chi connectivity index (χ2n) is 4.15. The molecule has 0 radical (unpaired) electrons. The van der Waals surface area contributed by atoms with Crippen molar-refractivity contribution in [3.63, 3.8) is 0 Å². The number of alkyl carbamates (subject to hydrolysis) is 1. The molecule has 1 N–H and O–H groups in total. The lowest BCUT2D eigenvalue weighted by atomic mass is 10.2. The van der Waals surface area contributed by atoms with Crippen molar-refractivity contribution in [3.8, 4) is 0 Å². The molecule has 0 aromatic carbocycles. The quantitative estimate of drug-likeness (QED) is 0.449. The maximum Gasteiger partial charge on any atom is 0.407 e. The number of amides is 1. The van der Waals surface area contributed by atoms with Gasteiger partial charge in [-0.2, -0.15) is 0 Å². The number of ether oxygens (including phenoxy) is 1. The molecule has 0 heterocycles. The van der Waals surface area contributed by atoms with Crippen molar-refractivity contribution in [2.45, 2.75) is 32.4 Å². The normalized spacial score (nSPS) is 11.7. The fraction of sp³-hybridized carbons (Fsp3) is 0.875. The molecule has 0 saturated heterocycles. The minimum Gasteiger partial charge on any atom is -0.444 e. The third-order valence-electron chi connectivity index (χ3n) is 1.45. The molecule has 0 aliphatic carbocycles. The molecule has 0 aliphatic rings. The second kappa shape index (κ2) is 7.21. The molecule has 9 heteroatoms. The van der Waals surface area contributed by atoms with Crippen molar-refractivity contribution in [3.05, 3.63) is 20.9 Å². The summed E-state index contributed by atoms with van der Waals surface area (Å²) in [5.41, 5.74) is 15.8. The first-order valence-electron chi connectivity index (χ1n) is 4.91. The van der Waals surface area contributed by atoms with Gasteiger partial charge in [0.25, 0.3) is 0 Å². The minimum atomic E-state index is -0.622. The van der Waals surface area contributed by atoms with Gasteiger partial charge >= 0.3 is 6.09 Å². The Kier molecular flexibility index (Phi) is 6.32. The minimum absolute atomic E-state index is 0.0175. The van der Waals surface area contributed by atoms with Gasteiger partial charge in [0, 0.05) is 22.9 Å². The first-order chi connectivity index (χ1) is 7.89. The molecular formula is C8H15N7O2. The Hall–Kier alpha value is -2.11. The van der Waals surface area contributed by atoms with Crippen molar-refractivity contribution < 1.29 is 9.53 Å². The predicted molar refractivity (Wildman–Crippen MR) is 61.2 cm³/mol. The van der Waals surface area contributed by atoms with Gasteiger partial charge in [0.1, 0.15) is 5.60 Å². The summed E-state index contributed by atoms with van der Waals surface area (Å²) in [6.45, 7) is 5.24. The van der Waals surface area contributed by atoms with Crippen molar-refractivity contribution >= 4 is 6.09 Å².